The molecule has 3 nitrogen and oxygen atoms in total. The highest BCUT2D eigenvalue weighted by Gasteiger charge is 2.20. The van der Waals surface area contributed by atoms with Crippen LogP contribution in [0, 0.1) is 0 Å². The van der Waals surface area contributed by atoms with E-state index in [-0.39, 0.29) is 0 Å². The van der Waals surface area contributed by atoms with Crippen LogP contribution >= 0.6 is 0 Å². The summed E-state index contributed by atoms with van der Waals surface area (Å²) >= 11 is 0. The van der Waals surface area contributed by atoms with Crippen molar-refractivity contribution < 1.29 is 4.74 Å². The number of rotatable bonds is 6. The van der Waals surface area contributed by atoms with E-state index < -0.39 is 0 Å². The predicted molar refractivity (Wildman–Crippen MR) is 64.4 cm³/mol. The topological polar surface area (TPSA) is 34.1 Å². The highest BCUT2D eigenvalue weighted by atomic mass is 16.5. The lowest BCUT2D eigenvalue weighted by Gasteiger charge is -2.09. The van der Waals surface area contributed by atoms with Crippen molar-refractivity contribution in [3.63, 3.8) is 0 Å². The zero-order valence-corrected chi connectivity index (χ0v) is 9.65. The van der Waals surface area contributed by atoms with E-state index in [1.54, 1.807) is 6.20 Å². The second kappa shape index (κ2) is 5.66. The minimum absolute atomic E-state index is 0.610. The number of ether oxygens (including phenoxy) is 1. The quantitative estimate of drug-likeness (QED) is 0.744. The zero-order chi connectivity index (χ0) is 11.2. The lowest BCUT2D eigenvalue weighted by atomic mass is 10.2. The van der Waals surface area contributed by atoms with Crippen LogP contribution in [0.25, 0.3) is 0 Å². The molecule has 0 saturated heterocycles. The fourth-order valence-electron chi connectivity index (χ4n) is 1.46. The molecule has 1 aromatic rings. The molecule has 3 heteroatoms. The number of nitrogens with zero attached hydrogens (tertiary/aromatic N) is 1. The first-order valence-electron chi connectivity index (χ1n) is 5.80. The fraction of sp³-hybridized carbons (Fsp3) is 0.462. The van der Waals surface area contributed by atoms with Crippen molar-refractivity contribution >= 4 is 0 Å². The Morgan fingerprint density at radius 3 is 3.19 bits per heavy atom. The van der Waals surface area contributed by atoms with Gasteiger partial charge in [0.15, 0.2) is 0 Å². The summed E-state index contributed by atoms with van der Waals surface area (Å²) in [5, 5.41) is 3.48. The molecule has 0 atom stereocenters. The molecule has 1 aliphatic rings. The van der Waals surface area contributed by atoms with Crippen molar-refractivity contribution in [3.05, 3.63) is 36.2 Å². The molecular formula is C13H18N2O. The third kappa shape index (κ3) is 3.35. The molecule has 1 saturated carbocycles. The number of hydrogen-bond donors (Lipinski definition) is 1. The molecule has 16 heavy (non-hydrogen) atoms. The van der Waals surface area contributed by atoms with Gasteiger partial charge in [-0.25, -0.2) is 0 Å². The summed E-state index contributed by atoms with van der Waals surface area (Å²) in [4.78, 5) is 4.09. The number of pyridine rings is 1. The Labute approximate surface area is 96.5 Å². The monoisotopic (exact) mass is 218 g/mol. The van der Waals surface area contributed by atoms with Crippen molar-refractivity contribution in [2.75, 3.05) is 6.61 Å². The van der Waals surface area contributed by atoms with Gasteiger partial charge in [-0.05, 0) is 25.8 Å². The molecule has 86 valence electrons. The average Bonchev–Trinajstić information content (AvgIpc) is 3.12. The zero-order valence-electron chi connectivity index (χ0n) is 9.65. The Hall–Kier alpha value is -1.35. The van der Waals surface area contributed by atoms with Crippen molar-refractivity contribution in [1.82, 2.24) is 10.3 Å². The van der Waals surface area contributed by atoms with Gasteiger partial charge in [-0.2, -0.15) is 0 Å². The van der Waals surface area contributed by atoms with Crippen molar-refractivity contribution in [3.8, 4) is 5.75 Å². The Morgan fingerprint density at radius 2 is 2.44 bits per heavy atom. The summed E-state index contributed by atoms with van der Waals surface area (Å²) < 4.78 is 5.64. The summed E-state index contributed by atoms with van der Waals surface area (Å²) in [7, 11) is 0. The third-order valence-electron chi connectivity index (χ3n) is 2.60. The molecule has 0 amide bonds. The largest absolute Gasteiger partial charge is 0.488 e. The molecular weight excluding hydrogens is 200 g/mol. The summed E-state index contributed by atoms with van der Waals surface area (Å²) in [6.45, 7) is 3.47. The van der Waals surface area contributed by atoms with E-state index in [2.05, 4.69) is 10.3 Å². The van der Waals surface area contributed by atoms with E-state index >= 15 is 0 Å². The van der Waals surface area contributed by atoms with Crippen LogP contribution in [0.4, 0.5) is 0 Å². The smallest absolute Gasteiger partial charge is 0.142 e. The highest BCUT2D eigenvalue weighted by Crippen LogP contribution is 2.21. The molecule has 1 aliphatic carbocycles. The lowest BCUT2D eigenvalue weighted by molar-refractivity contribution is 0.355. The molecule has 0 bridgehead atoms. The van der Waals surface area contributed by atoms with Gasteiger partial charge in [0.1, 0.15) is 12.4 Å². The maximum absolute atomic E-state index is 5.64. The predicted octanol–water partition coefficient (Wildman–Crippen LogP) is 2.29. The van der Waals surface area contributed by atoms with Gasteiger partial charge in [-0.3, -0.25) is 4.98 Å². The molecule has 1 aromatic heterocycles. The van der Waals surface area contributed by atoms with Crippen LogP contribution in [0.1, 0.15) is 25.3 Å². The normalized spacial score (nSPS) is 15.6. The Kier molecular flexibility index (Phi) is 3.94. The molecule has 1 N–H and O–H groups in total. The molecule has 0 aliphatic heterocycles. The Bertz CT molecular complexity index is 359. The highest BCUT2D eigenvalue weighted by molar-refractivity contribution is 5.30. The molecule has 0 aromatic carbocycles. The van der Waals surface area contributed by atoms with Crippen LogP contribution in [0.2, 0.25) is 0 Å². The van der Waals surface area contributed by atoms with E-state index in [1.807, 2.05) is 31.3 Å². The Balaban J connectivity index is 1.92. The maximum atomic E-state index is 5.64. The molecule has 0 unspecified atom stereocenters. The summed E-state index contributed by atoms with van der Waals surface area (Å²) in [6.07, 6.45) is 10.2. The molecule has 0 spiro atoms. The van der Waals surface area contributed by atoms with Crippen molar-refractivity contribution in [2.45, 2.75) is 32.4 Å². The van der Waals surface area contributed by atoms with Gasteiger partial charge in [0.2, 0.25) is 0 Å². The molecule has 0 radical (unpaired) electrons. The number of hydrogen-bond acceptors (Lipinski definition) is 3. The molecule has 2 rings (SSSR count). The summed E-state index contributed by atoms with van der Waals surface area (Å²) in [6, 6.07) is 2.73. The summed E-state index contributed by atoms with van der Waals surface area (Å²) in [5.74, 6) is 0.883. The second-order valence-corrected chi connectivity index (χ2v) is 4.02. The summed E-state index contributed by atoms with van der Waals surface area (Å²) in [5.41, 5.74) is 1.19. The SMILES string of the molecule is C/C=C/COc1cnccc1CNC1CC1. The number of allylic oxidation sites excluding steroid dienone is 1. The minimum atomic E-state index is 0.610. The van der Waals surface area contributed by atoms with Gasteiger partial charge >= 0.3 is 0 Å². The number of aromatic nitrogens is 1. The fourth-order valence-corrected chi connectivity index (χ4v) is 1.46. The van der Waals surface area contributed by atoms with Crippen LogP contribution in [0.5, 0.6) is 5.75 Å². The van der Waals surface area contributed by atoms with E-state index in [9.17, 15) is 0 Å². The first-order valence-corrected chi connectivity index (χ1v) is 5.80. The van der Waals surface area contributed by atoms with Crippen LogP contribution < -0.4 is 10.1 Å². The van der Waals surface area contributed by atoms with Gasteiger partial charge in [-0.15, -0.1) is 0 Å². The van der Waals surface area contributed by atoms with E-state index in [0.717, 1.165) is 18.3 Å². The maximum Gasteiger partial charge on any atom is 0.142 e. The molecule has 1 heterocycles. The van der Waals surface area contributed by atoms with Crippen LogP contribution in [0.15, 0.2) is 30.6 Å². The van der Waals surface area contributed by atoms with Crippen LogP contribution in [0.3, 0.4) is 0 Å². The third-order valence-corrected chi connectivity index (χ3v) is 2.60. The van der Waals surface area contributed by atoms with Gasteiger partial charge < -0.3 is 10.1 Å². The first kappa shape index (κ1) is 11.1. The second-order valence-electron chi connectivity index (χ2n) is 4.02. The molecule has 1 fully saturated rings. The average molecular weight is 218 g/mol. The van der Waals surface area contributed by atoms with E-state index in [0.29, 0.717) is 6.61 Å². The Morgan fingerprint density at radius 1 is 1.56 bits per heavy atom. The minimum Gasteiger partial charge on any atom is -0.488 e. The van der Waals surface area contributed by atoms with Crippen molar-refractivity contribution in [1.29, 1.82) is 0 Å². The van der Waals surface area contributed by atoms with Gasteiger partial charge in [0, 0.05) is 24.3 Å². The van der Waals surface area contributed by atoms with E-state index in [4.69, 9.17) is 4.74 Å². The van der Waals surface area contributed by atoms with Crippen LogP contribution in [-0.4, -0.2) is 17.6 Å². The standard InChI is InChI=1S/C13H18N2O/c1-2-3-8-16-13-10-14-7-6-11(13)9-15-12-4-5-12/h2-3,6-7,10,12,15H,4-5,8-9H2,1H3/b3-2+. The number of nitrogens with one attached hydrogen (secondary N) is 1. The lowest BCUT2D eigenvalue weighted by Crippen LogP contribution is -2.16. The van der Waals surface area contributed by atoms with E-state index in [1.165, 1.54) is 18.4 Å². The van der Waals surface area contributed by atoms with Gasteiger partial charge in [0.25, 0.3) is 0 Å². The van der Waals surface area contributed by atoms with Crippen molar-refractivity contribution in [2.24, 2.45) is 0 Å². The van der Waals surface area contributed by atoms with Gasteiger partial charge in [-0.1, -0.05) is 12.2 Å². The van der Waals surface area contributed by atoms with Gasteiger partial charge in [0.05, 0.1) is 6.20 Å². The first-order chi connectivity index (χ1) is 7.90. The van der Waals surface area contributed by atoms with Crippen LogP contribution in [-0.2, 0) is 6.54 Å².